The molecule has 1 aromatic carbocycles. The quantitative estimate of drug-likeness (QED) is 0.874. The SMILES string of the molecule is COc1c2n(c3ccc(F)c(Cl)c13)CCNC2.Cl. The molecule has 98 valence electrons. The molecule has 0 aliphatic carbocycles. The molecule has 0 radical (unpaired) electrons. The van der Waals surface area contributed by atoms with Crippen LogP contribution in [0.5, 0.6) is 5.75 Å². The number of hydrogen-bond acceptors (Lipinski definition) is 2. The van der Waals surface area contributed by atoms with E-state index in [-0.39, 0.29) is 17.4 Å². The van der Waals surface area contributed by atoms with Crippen molar-refractivity contribution in [1.29, 1.82) is 0 Å². The zero-order valence-electron chi connectivity index (χ0n) is 9.80. The number of hydrogen-bond donors (Lipinski definition) is 1. The van der Waals surface area contributed by atoms with Gasteiger partial charge >= 0.3 is 0 Å². The maximum absolute atomic E-state index is 13.5. The molecule has 18 heavy (non-hydrogen) atoms. The van der Waals surface area contributed by atoms with Gasteiger partial charge in [0, 0.05) is 19.6 Å². The van der Waals surface area contributed by atoms with E-state index in [1.807, 2.05) is 0 Å². The smallest absolute Gasteiger partial charge is 0.150 e. The average Bonchev–Trinajstić information content (AvgIpc) is 2.68. The van der Waals surface area contributed by atoms with Crippen molar-refractivity contribution in [1.82, 2.24) is 9.88 Å². The lowest BCUT2D eigenvalue weighted by Gasteiger charge is -2.17. The summed E-state index contributed by atoms with van der Waals surface area (Å²) >= 11 is 6.04. The predicted octanol–water partition coefficient (Wildman–Crippen LogP) is 2.97. The first-order chi connectivity index (χ1) is 8.24. The fraction of sp³-hybridized carbons (Fsp3) is 0.333. The van der Waals surface area contributed by atoms with Crippen molar-refractivity contribution in [3.8, 4) is 5.75 Å². The van der Waals surface area contributed by atoms with Crippen molar-refractivity contribution < 1.29 is 9.13 Å². The highest BCUT2D eigenvalue weighted by Gasteiger charge is 2.23. The van der Waals surface area contributed by atoms with Crippen LogP contribution >= 0.6 is 24.0 Å². The van der Waals surface area contributed by atoms with Crippen LogP contribution in [0.3, 0.4) is 0 Å². The summed E-state index contributed by atoms with van der Waals surface area (Å²) in [5, 5.41) is 4.09. The second kappa shape index (κ2) is 4.96. The minimum Gasteiger partial charge on any atom is -0.494 e. The second-order valence-corrected chi connectivity index (χ2v) is 4.44. The highest BCUT2D eigenvalue weighted by molar-refractivity contribution is 6.36. The minimum atomic E-state index is -0.409. The van der Waals surface area contributed by atoms with Crippen LogP contribution in [-0.2, 0) is 13.1 Å². The third-order valence-electron chi connectivity index (χ3n) is 3.19. The molecule has 0 unspecified atom stereocenters. The largest absolute Gasteiger partial charge is 0.494 e. The molecule has 0 fully saturated rings. The zero-order chi connectivity index (χ0) is 12.0. The van der Waals surface area contributed by atoms with Crippen molar-refractivity contribution in [2.45, 2.75) is 13.1 Å². The Morgan fingerprint density at radius 3 is 2.94 bits per heavy atom. The van der Waals surface area contributed by atoms with Gasteiger partial charge in [-0.1, -0.05) is 11.6 Å². The Kier molecular flexibility index (Phi) is 3.71. The summed E-state index contributed by atoms with van der Waals surface area (Å²) in [4.78, 5) is 0. The fourth-order valence-corrected chi connectivity index (χ4v) is 2.69. The van der Waals surface area contributed by atoms with Gasteiger partial charge in [-0.25, -0.2) is 4.39 Å². The van der Waals surface area contributed by atoms with E-state index in [9.17, 15) is 4.39 Å². The van der Waals surface area contributed by atoms with Gasteiger partial charge in [-0.15, -0.1) is 12.4 Å². The average molecular weight is 291 g/mol. The molecule has 2 heterocycles. The molecular formula is C12H13Cl2FN2O. The molecule has 0 spiro atoms. The number of benzene rings is 1. The van der Waals surface area contributed by atoms with Crippen LogP contribution in [0.15, 0.2) is 12.1 Å². The van der Waals surface area contributed by atoms with E-state index in [1.165, 1.54) is 6.07 Å². The van der Waals surface area contributed by atoms with Gasteiger partial charge in [-0.05, 0) is 12.1 Å². The van der Waals surface area contributed by atoms with E-state index < -0.39 is 5.82 Å². The van der Waals surface area contributed by atoms with Gasteiger partial charge in [0.15, 0.2) is 5.75 Å². The fourth-order valence-electron chi connectivity index (χ4n) is 2.44. The summed E-state index contributed by atoms with van der Waals surface area (Å²) in [7, 11) is 1.59. The van der Waals surface area contributed by atoms with E-state index in [1.54, 1.807) is 13.2 Å². The molecule has 0 saturated carbocycles. The summed E-state index contributed by atoms with van der Waals surface area (Å²) in [5.74, 6) is 0.269. The van der Waals surface area contributed by atoms with Gasteiger partial charge in [-0.3, -0.25) is 0 Å². The minimum absolute atomic E-state index is 0. The first kappa shape index (κ1) is 13.5. The number of ether oxygens (including phenoxy) is 1. The standard InChI is InChI=1S/C12H12ClFN2O.ClH/c1-17-12-9-6-15-4-5-16(9)8-3-2-7(14)11(13)10(8)12;/h2-3,15H,4-6H2,1H3;1H. The van der Waals surface area contributed by atoms with Crippen LogP contribution in [0, 0.1) is 5.82 Å². The van der Waals surface area contributed by atoms with Crippen LogP contribution < -0.4 is 10.1 Å². The Labute approximate surface area is 115 Å². The third kappa shape index (κ3) is 1.76. The van der Waals surface area contributed by atoms with Gasteiger partial charge in [0.2, 0.25) is 0 Å². The number of aromatic nitrogens is 1. The highest BCUT2D eigenvalue weighted by Crippen LogP contribution is 2.39. The number of fused-ring (bicyclic) bond motifs is 3. The Balaban J connectivity index is 0.00000120. The maximum atomic E-state index is 13.5. The summed E-state index contributed by atoms with van der Waals surface area (Å²) in [6.45, 7) is 2.46. The summed E-state index contributed by atoms with van der Waals surface area (Å²) in [6.07, 6.45) is 0. The molecule has 2 aromatic rings. The number of nitrogens with zero attached hydrogens (tertiary/aromatic N) is 1. The molecule has 1 aliphatic rings. The lowest BCUT2D eigenvalue weighted by molar-refractivity contribution is 0.400. The summed E-state index contributed by atoms with van der Waals surface area (Å²) < 4.78 is 21.0. The van der Waals surface area contributed by atoms with Crippen molar-refractivity contribution in [3.63, 3.8) is 0 Å². The highest BCUT2D eigenvalue weighted by atomic mass is 35.5. The molecule has 0 saturated heterocycles. The van der Waals surface area contributed by atoms with Crippen LogP contribution in [0.4, 0.5) is 4.39 Å². The van der Waals surface area contributed by atoms with Gasteiger partial charge in [0.05, 0.1) is 28.7 Å². The van der Waals surface area contributed by atoms with Gasteiger partial charge in [0.1, 0.15) is 5.82 Å². The van der Waals surface area contributed by atoms with Crippen LogP contribution in [0.1, 0.15) is 5.69 Å². The molecule has 3 nitrogen and oxygen atoms in total. The maximum Gasteiger partial charge on any atom is 0.150 e. The molecule has 0 amide bonds. The Morgan fingerprint density at radius 1 is 1.44 bits per heavy atom. The summed E-state index contributed by atoms with van der Waals surface area (Å²) in [6, 6.07) is 3.16. The van der Waals surface area contributed by atoms with E-state index >= 15 is 0 Å². The predicted molar refractivity (Wildman–Crippen MR) is 72.4 cm³/mol. The van der Waals surface area contributed by atoms with Gasteiger partial charge in [0.25, 0.3) is 0 Å². The van der Waals surface area contributed by atoms with Crippen LogP contribution in [0.2, 0.25) is 5.02 Å². The molecule has 1 aliphatic heterocycles. The van der Waals surface area contributed by atoms with Gasteiger partial charge < -0.3 is 14.6 Å². The van der Waals surface area contributed by atoms with Crippen LogP contribution in [0.25, 0.3) is 10.9 Å². The Hall–Kier alpha value is -0.970. The van der Waals surface area contributed by atoms with E-state index in [2.05, 4.69) is 9.88 Å². The molecule has 6 heteroatoms. The number of methoxy groups -OCH3 is 1. The van der Waals surface area contributed by atoms with Gasteiger partial charge in [-0.2, -0.15) is 0 Å². The Morgan fingerprint density at radius 2 is 2.22 bits per heavy atom. The first-order valence-electron chi connectivity index (χ1n) is 5.48. The molecule has 3 rings (SSSR count). The summed E-state index contributed by atoms with van der Waals surface area (Å²) in [5.41, 5.74) is 1.96. The van der Waals surface area contributed by atoms with E-state index in [0.717, 1.165) is 30.8 Å². The molecule has 0 bridgehead atoms. The van der Waals surface area contributed by atoms with Crippen molar-refractivity contribution in [2.75, 3.05) is 13.7 Å². The molecular weight excluding hydrogens is 278 g/mol. The number of nitrogens with one attached hydrogen (secondary N) is 1. The van der Waals surface area contributed by atoms with E-state index in [0.29, 0.717) is 11.1 Å². The van der Waals surface area contributed by atoms with Crippen molar-refractivity contribution in [2.24, 2.45) is 0 Å². The Bertz CT molecular complexity index is 598. The van der Waals surface area contributed by atoms with Crippen LogP contribution in [-0.4, -0.2) is 18.2 Å². The number of rotatable bonds is 1. The number of halogens is 3. The normalized spacial score (nSPS) is 14.2. The molecule has 1 aromatic heterocycles. The third-order valence-corrected chi connectivity index (χ3v) is 3.56. The first-order valence-corrected chi connectivity index (χ1v) is 5.85. The lowest BCUT2D eigenvalue weighted by atomic mass is 10.2. The monoisotopic (exact) mass is 290 g/mol. The zero-order valence-corrected chi connectivity index (χ0v) is 11.4. The second-order valence-electron chi connectivity index (χ2n) is 4.06. The lowest BCUT2D eigenvalue weighted by Crippen LogP contribution is -2.27. The molecule has 0 atom stereocenters. The topological polar surface area (TPSA) is 26.2 Å². The van der Waals surface area contributed by atoms with E-state index in [4.69, 9.17) is 16.3 Å². The molecule has 1 N–H and O–H groups in total. The van der Waals surface area contributed by atoms with Crippen molar-refractivity contribution in [3.05, 3.63) is 28.7 Å². The van der Waals surface area contributed by atoms with Crippen molar-refractivity contribution >= 4 is 34.9 Å².